The molecule has 0 bridgehead atoms. The van der Waals surface area contributed by atoms with Crippen molar-refractivity contribution in [2.45, 2.75) is 119 Å². The molecule has 0 radical (unpaired) electrons. The van der Waals surface area contributed by atoms with E-state index in [1.807, 2.05) is 27.7 Å². The number of fused-ring (bicyclic) bond motifs is 6. The van der Waals surface area contributed by atoms with Crippen molar-refractivity contribution < 1.29 is 0 Å². The molecule has 2 aliphatic carbocycles. The highest BCUT2D eigenvalue weighted by Crippen LogP contribution is 2.52. The van der Waals surface area contributed by atoms with E-state index in [0.717, 1.165) is 45.3 Å². The van der Waals surface area contributed by atoms with Crippen LogP contribution in [-0.4, -0.2) is 0 Å². The van der Waals surface area contributed by atoms with E-state index in [0.29, 0.717) is 0 Å². The van der Waals surface area contributed by atoms with Crippen molar-refractivity contribution in [3.63, 3.8) is 0 Å². The summed E-state index contributed by atoms with van der Waals surface area (Å²) < 4.78 is 0. The molecule has 0 N–H and O–H groups in total. The van der Waals surface area contributed by atoms with Gasteiger partial charge in [-0.3, -0.25) is 0 Å². The van der Waals surface area contributed by atoms with E-state index in [2.05, 4.69) is 261 Å². The van der Waals surface area contributed by atoms with E-state index in [9.17, 15) is 0 Å². The Bertz CT molecular complexity index is 2850. The second-order valence-corrected chi connectivity index (χ2v) is 21.2. The maximum atomic E-state index is 2.44. The molecule has 68 heavy (non-hydrogen) atoms. The zero-order valence-corrected chi connectivity index (χ0v) is 43.2. The molecule has 0 saturated heterocycles. The Morgan fingerprint density at radius 1 is 0.294 bits per heavy atom. The lowest BCUT2D eigenvalue weighted by Gasteiger charge is -2.30. The third kappa shape index (κ3) is 8.60. The summed E-state index contributed by atoms with van der Waals surface area (Å²) in [6.45, 7) is 31.1. The Hall–Kier alpha value is -6.64. The molecule has 2 heteroatoms. The van der Waals surface area contributed by atoms with E-state index in [1.54, 1.807) is 0 Å². The number of hydrogen-bond acceptors (Lipinski definition) is 2. The highest BCUT2D eigenvalue weighted by molar-refractivity contribution is 5.89. The monoisotopic (exact) mass is 893 g/mol. The van der Waals surface area contributed by atoms with Gasteiger partial charge in [-0.25, -0.2) is 0 Å². The Labute approximate surface area is 409 Å². The van der Waals surface area contributed by atoms with Gasteiger partial charge in [-0.1, -0.05) is 206 Å². The molecule has 0 aromatic heterocycles. The Balaban J connectivity index is 0.00000152. The van der Waals surface area contributed by atoms with Crippen molar-refractivity contribution in [2.24, 2.45) is 0 Å². The van der Waals surface area contributed by atoms with Crippen LogP contribution in [0.15, 0.2) is 182 Å². The SMILES string of the molecule is CC.CC.CC(C)(C)c1ccc(N(c2cccc(-c3cccc(N(c4ccc(C(C)(C)C)cc4)c4ccc5c(c4)C(C)(C)c4ccccc4-5)c3)c2)c2ccc3c(c2)C(C)(C)c2ccccc2-3)cc1. The highest BCUT2D eigenvalue weighted by atomic mass is 15.1. The third-order valence-corrected chi connectivity index (χ3v) is 14.2. The van der Waals surface area contributed by atoms with Gasteiger partial charge in [0.25, 0.3) is 0 Å². The van der Waals surface area contributed by atoms with Crippen LogP contribution in [0.1, 0.15) is 130 Å². The third-order valence-electron chi connectivity index (χ3n) is 14.2. The Kier molecular flexibility index (Phi) is 13.0. The summed E-state index contributed by atoms with van der Waals surface area (Å²) in [6, 6.07) is 68.5. The summed E-state index contributed by atoms with van der Waals surface area (Å²) in [4.78, 5) is 4.87. The molecule has 2 nitrogen and oxygen atoms in total. The van der Waals surface area contributed by atoms with E-state index < -0.39 is 0 Å². The maximum Gasteiger partial charge on any atom is 0.0467 e. The lowest BCUT2D eigenvalue weighted by molar-refractivity contribution is 0.590. The van der Waals surface area contributed by atoms with Crippen LogP contribution < -0.4 is 9.80 Å². The van der Waals surface area contributed by atoms with Crippen LogP contribution in [0.2, 0.25) is 0 Å². The molecule has 0 unspecified atom stereocenters. The minimum absolute atomic E-state index is 0.0567. The minimum atomic E-state index is -0.108. The molecule has 346 valence electrons. The molecule has 0 spiro atoms. The summed E-state index contributed by atoms with van der Waals surface area (Å²) in [5.74, 6) is 0. The average molecular weight is 893 g/mol. The second kappa shape index (κ2) is 18.5. The molecule has 0 fully saturated rings. The van der Waals surface area contributed by atoms with Gasteiger partial charge in [0.2, 0.25) is 0 Å². The molecule has 0 aliphatic heterocycles. The summed E-state index contributed by atoms with van der Waals surface area (Å²) in [7, 11) is 0. The molecular weight excluding hydrogens is 821 g/mol. The molecule has 2 aliphatic rings. The molecule has 0 saturated carbocycles. The molecule has 10 rings (SSSR count). The fraction of sp³-hybridized carbons (Fsp3) is 0.273. The van der Waals surface area contributed by atoms with Gasteiger partial charge in [-0.05, 0) is 150 Å². The maximum absolute atomic E-state index is 2.44. The Morgan fingerprint density at radius 3 is 0.956 bits per heavy atom. The zero-order valence-electron chi connectivity index (χ0n) is 43.2. The molecule has 0 amide bonds. The van der Waals surface area contributed by atoms with Crippen molar-refractivity contribution >= 4 is 34.1 Å². The van der Waals surface area contributed by atoms with Crippen LogP contribution in [0.3, 0.4) is 0 Å². The molecular formula is C66H72N2. The summed E-state index contributed by atoms with van der Waals surface area (Å²) in [6.07, 6.45) is 0. The predicted molar refractivity (Wildman–Crippen MR) is 296 cm³/mol. The summed E-state index contributed by atoms with van der Waals surface area (Å²) >= 11 is 0. The summed E-state index contributed by atoms with van der Waals surface area (Å²) in [5.41, 5.74) is 22.5. The lowest BCUT2D eigenvalue weighted by atomic mass is 9.82. The van der Waals surface area contributed by atoms with E-state index >= 15 is 0 Å². The standard InChI is InChI=1S/C62H60N2.2C2H6/c1-59(2,3)43-25-29-45(30-26-43)63(49-33-35-53-51-21-11-13-23-55(51)61(7,8)57(53)39-49)47-19-15-17-41(37-47)42-18-16-20-48(38-42)64(46-31-27-44(28-32-46)60(4,5)6)50-34-36-54-52-22-12-14-24-56(52)62(9,10)58(54)40-50;2*1-2/h11-40H,1-10H3;2*1-2H3. The first-order valence-electron chi connectivity index (χ1n) is 25.0. The van der Waals surface area contributed by atoms with E-state index in [4.69, 9.17) is 0 Å². The van der Waals surface area contributed by atoms with Gasteiger partial charge in [0.1, 0.15) is 0 Å². The van der Waals surface area contributed by atoms with Crippen LogP contribution in [0, 0.1) is 0 Å². The van der Waals surface area contributed by atoms with Crippen LogP contribution in [0.25, 0.3) is 33.4 Å². The molecule has 0 heterocycles. The number of benzene rings is 8. The van der Waals surface area contributed by atoms with E-state index in [-0.39, 0.29) is 21.7 Å². The lowest BCUT2D eigenvalue weighted by Crippen LogP contribution is -2.17. The number of anilines is 6. The zero-order chi connectivity index (χ0) is 48.8. The number of nitrogens with zero attached hydrogens (tertiary/aromatic N) is 2. The topological polar surface area (TPSA) is 6.48 Å². The van der Waals surface area contributed by atoms with Crippen molar-refractivity contribution in [2.75, 3.05) is 9.80 Å². The van der Waals surface area contributed by atoms with Crippen LogP contribution in [-0.2, 0) is 21.7 Å². The van der Waals surface area contributed by atoms with Crippen molar-refractivity contribution in [3.8, 4) is 33.4 Å². The van der Waals surface area contributed by atoms with Crippen molar-refractivity contribution in [1.29, 1.82) is 0 Å². The van der Waals surface area contributed by atoms with Crippen LogP contribution in [0.4, 0.5) is 34.1 Å². The average Bonchev–Trinajstić information content (AvgIpc) is 3.72. The second-order valence-electron chi connectivity index (χ2n) is 21.2. The first-order valence-corrected chi connectivity index (χ1v) is 25.0. The molecule has 8 aromatic rings. The highest BCUT2D eigenvalue weighted by Gasteiger charge is 2.37. The van der Waals surface area contributed by atoms with Gasteiger partial charge >= 0.3 is 0 Å². The molecule has 8 aromatic carbocycles. The van der Waals surface area contributed by atoms with Gasteiger partial charge in [0.15, 0.2) is 0 Å². The van der Waals surface area contributed by atoms with Gasteiger partial charge in [-0.2, -0.15) is 0 Å². The number of rotatable bonds is 7. The van der Waals surface area contributed by atoms with Gasteiger partial charge in [0.05, 0.1) is 0 Å². The normalized spacial score (nSPS) is 13.7. The predicted octanol–water partition coefficient (Wildman–Crippen LogP) is 19.6. The van der Waals surface area contributed by atoms with Crippen LogP contribution >= 0.6 is 0 Å². The fourth-order valence-electron chi connectivity index (χ4n) is 10.4. The summed E-state index contributed by atoms with van der Waals surface area (Å²) in [5, 5.41) is 0. The minimum Gasteiger partial charge on any atom is -0.310 e. The van der Waals surface area contributed by atoms with Gasteiger partial charge in [0, 0.05) is 45.0 Å². The first kappa shape index (κ1) is 47.8. The van der Waals surface area contributed by atoms with Crippen molar-refractivity contribution in [3.05, 3.63) is 215 Å². The van der Waals surface area contributed by atoms with Crippen molar-refractivity contribution in [1.82, 2.24) is 0 Å². The van der Waals surface area contributed by atoms with Crippen LogP contribution in [0.5, 0.6) is 0 Å². The number of hydrogen-bond donors (Lipinski definition) is 0. The van der Waals surface area contributed by atoms with E-state index in [1.165, 1.54) is 55.6 Å². The Morgan fingerprint density at radius 2 is 0.603 bits per heavy atom. The first-order chi connectivity index (χ1) is 32.5. The van der Waals surface area contributed by atoms with Gasteiger partial charge < -0.3 is 9.80 Å². The molecule has 0 atom stereocenters. The fourth-order valence-corrected chi connectivity index (χ4v) is 10.4. The smallest absolute Gasteiger partial charge is 0.0467 e. The largest absolute Gasteiger partial charge is 0.310 e. The van der Waals surface area contributed by atoms with Gasteiger partial charge in [-0.15, -0.1) is 0 Å². The quantitative estimate of drug-likeness (QED) is 0.157.